The van der Waals surface area contributed by atoms with E-state index in [0.717, 1.165) is 25.9 Å². The van der Waals surface area contributed by atoms with E-state index < -0.39 is 0 Å². The summed E-state index contributed by atoms with van der Waals surface area (Å²) in [4.78, 5) is 0. The van der Waals surface area contributed by atoms with Gasteiger partial charge in [-0.1, -0.05) is 26.2 Å². The van der Waals surface area contributed by atoms with Gasteiger partial charge in [-0.15, -0.1) is 0 Å². The van der Waals surface area contributed by atoms with Crippen LogP contribution in [0.2, 0.25) is 0 Å². The van der Waals surface area contributed by atoms with Gasteiger partial charge >= 0.3 is 0 Å². The van der Waals surface area contributed by atoms with Crippen LogP contribution in [0.4, 0.5) is 0 Å². The predicted molar refractivity (Wildman–Crippen MR) is 53.7 cm³/mol. The molecule has 1 N–H and O–H groups in total. The summed E-state index contributed by atoms with van der Waals surface area (Å²) in [6, 6.07) is 0. The lowest BCUT2D eigenvalue weighted by atomic mass is 9.92. The van der Waals surface area contributed by atoms with Crippen molar-refractivity contribution in [1.82, 2.24) is 0 Å². The summed E-state index contributed by atoms with van der Waals surface area (Å²) < 4.78 is 5.43. The van der Waals surface area contributed by atoms with Gasteiger partial charge in [0.25, 0.3) is 0 Å². The van der Waals surface area contributed by atoms with Gasteiger partial charge in [0.05, 0.1) is 12.2 Å². The first kappa shape index (κ1) is 11.0. The van der Waals surface area contributed by atoms with E-state index in [-0.39, 0.29) is 12.2 Å². The van der Waals surface area contributed by atoms with Crippen LogP contribution >= 0.6 is 0 Å². The van der Waals surface area contributed by atoms with E-state index in [1.165, 1.54) is 12.8 Å². The highest BCUT2D eigenvalue weighted by atomic mass is 16.5. The maximum Gasteiger partial charge on any atom is 0.0600 e. The van der Waals surface area contributed by atoms with Crippen LogP contribution in [-0.2, 0) is 4.74 Å². The van der Waals surface area contributed by atoms with E-state index in [2.05, 4.69) is 13.8 Å². The average Bonchev–Trinajstić information content (AvgIpc) is 2.52. The molecule has 1 aliphatic rings. The molecule has 1 fully saturated rings. The molecule has 1 aliphatic heterocycles. The minimum atomic E-state index is -0.135. The molecule has 13 heavy (non-hydrogen) atoms. The second-order valence-corrected chi connectivity index (χ2v) is 4.09. The normalized spacial score (nSPS) is 30.7. The van der Waals surface area contributed by atoms with Crippen molar-refractivity contribution in [3.05, 3.63) is 0 Å². The Morgan fingerprint density at radius 3 is 2.77 bits per heavy atom. The first-order chi connectivity index (χ1) is 6.25. The third-order valence-electron chi connectivity index (χ3n) is 3.03. The molecule has 0 aliphatic carbocycles. The third-order valence-corrected chi connectivity index (χ3v) is 3.03. The Morgan fingerprint density at radius 1 is 1.46 bits per heavy atom. The van der Waals surface area contributed by atoms with Crippen LogP contribution in [0.15, 0.2) is 0 Å². The summed E-state index contributed by atoms with van der Waals surface area (Å²) in [7, 11) is 0. The first-order valence-electron chi connectivity index (χ1n) is 5.55. The summed E-state index contributed by atoms with van der Waals surface area (Å²) in [6.45, 7) is 5.09. The number of unbranched alkanes of at least 4 members (excludes halogenated alkanes) is 2. The fourth-order valence-corrected chi connectivity index (χ4v) is 2.07. The van der Waals surface area contributed by atoms with Crippen molar-refractivity contribution >= 4 is 0 Å². The van der Waals surface area contributed by atoms with Crippen molar-refractivity contribution in [2.45, 2.75) is 58.2 Å². The standard InChI is InChI=1S/C11H22O2/c1-3-4-5-6-11(12)10-7-8-13-9(10)2/h9-12H,3-8H2,1-2H3. The number of ether oxygens (including phenoxy) is 1. The van der Waals surface area contributed by atoms with Crippen LogP contribution in [-0.4, -0.2) is 23.9 Å². The van der Waals surface area contributed by atoms with E-state index in [1.54, 1.807) is 0 Å². The van der Waals surface area contributed by atoms with Gasteiger partial charge in [-0.25, -0.2) is 0 Å². The molecule has 0 spiro atoms. The highest BCUT2D eigenvalue weighted by Crippen LogP contribution is 2.26. The molecule has 1 saturated heterocycles. The molecule has 1 heterocycles. The topological polar surface area (TPSA) is 29.5 Å². The number of rotatable bonds is 5. The van der Waals surface area contributed by atoms with Crippen molar-refractivity contribution in [2.75, 3.05) is 6.61 Å². The zero-order valence-corrected chi connectivity index (χ0v) is 8.83. The van der Waals surface area contributed by atoms with Crippen molar-refractivity contribution in [3.63, 3.8) is 0 Å². The molecule has 0 bridgehead atoms. The fourth-order valence-electron chi connectivity index (χ4n) is 2.07. The Morgan fingerprint density at radius 2 is 2.23 bits per heavy atom. The molecular formula is C11H22O2. The predicted octanol–water partition coefficient (Wildman–Crippen LogP) is 2.35. The molecule has 0 aromatic rings. The van der Waals surface area contributed by atoms with E-state index in [0.29, 0.717) is 5.92 Å². The molecule has 78 valence electrons. The highest BCUT2D eigenvalue weighted by Gasteiger charge is 2.29. The Kier molecular flexibility index (Phi) is 4.74. The maximum absolute atomic E-state index is 9.87. The Labute approximate surface area is 81.3 Å². The average molecular weight is 186 g/mol. The minimum absolute atomic E-state index is 0.135. The second kappa shape index (κ2) is 5.61. The summed E-state index contributed by atoms with van der Waals surface area (Å²) in [6.07, 6.45) is 5.73. The SMILES string of the molecule is CCCCCC(O)C1CCOC1C. The first-order valence-corrected chi connectivity index (χ1v) is 5.55. The molecule has 2 nitrogen and oxygen atoms in total. The Bertz CT molecular complexity index is 136. The molecular weight excluding hydrogens is 164 g/mol. The van der Waals surface area contributed by atoms with Crippen molar-refractivity contribution in [2.24, 2.45) is 5.92 Å². The minimum Gasteiger partial charge on any atom is -0.393 e. The number of aliphatic hydroxyl groups excluding tert-OH is 1. The van der Waals surface area contributed by atoms with Crippen LogP contribution in [0.3, 0.4) is 0 Å². The molecule has 0 amide bonds. The lowest BCUT2D eigenvalue weighted by Crippen LogP contribution is -2.26. The molecule has 0 saturated carbocycles. The van der Waals surface area contributed by atoms with E-state index in [1.807, 2.05) is 0 Å². The summed E-state index contributed by atoms with van der Waals surface area (Å²) in [5.74, 6) is 0.386. The highest BCUT2D eigenvalue weighted by molar-refractivity contribution is 4.78. The fraction of sp³-hybridized carbons (Fsp3) is 1.00. The number of hydrogen-bond donors (Lipinski definition) is 1. The Balaban J connectivity index is 2.18. The summed E-state index contributed by atoms with van der Waals surface area (Å²) >= 11 is 0. The molecule has 3 unspecified atom stereocenters. The van der Waals surface area contributed by atoms with Gasteiger partial charge in [0.2, 0.25) is 0 Å². The summed E-state index contributed by atoms with van der Waals surface area (Å²) in [5.41, 5.74) is 0. The van der Waals surface area contributed by atoms with Crippen molar-refractivity contribution in [3.8, 4) is 0 Å². The molecule has 0 aromatic carbocycles. The number of hydrogen-bond acceptors (Lipinski definition) is 2. The number of aliphatic hydroxyl groups is 1. The van der Waals surface area contributed by atoms with Gasteiger partial charge in [-0.3, -0.25) is 0 Å². The van der Waals surface area contributed by atoms with Gasteiger partial charge in [0, 0.05) is 12.5 Å². The molecule has 0 aromatic heterocycles. The van der Waals surface area contributed by atoms with Crippen LogP contribution in [0.1, 0.15) is 46.0 Å². The van der Waals surface area contributed by atoms with Crippen molar-refractivity contribution < 1.29 is 9.84 Å². The summed E-state index contributed by atoms with van der Waals surface area (Å²) in [5, 5.41) is 9.87. The maximum atomic E-state index is 9.87. The molecule has 3 atom stereocenters. The smallest absolute Gasteiger partial charge is 0.0600 e. The lowest BCUT2D eigenvalue weighted by molar-refractivity contribution is 0.0384. The van der Waals surface area contributed by atoms with Crippen LogP contribution in [0.5, 0.6) is 0 Å². The monoisotopic (exact) mass is 186 g/mol. The van der Waals surface area contributed by atoms with Gasteiger partial charge in [-0.2, -0.15) is 0 Å². The second-order valence-electron chi connectivity index (χ2n) is 4.09. The Hall–Kier alpha value is -0.0800. The van der Waals surface area contributed by atoms with Crippen LogP contribution < -0.4 is 0 Å². The van der Waals surface area contributed by atoms with Gasteiger partial charge in [0.1, 0.15) is 0 Å². The van der Waals surface area contributed by atoms with Gasteiger partial charge in [-0.05, 0) is 19.8 Å². The quantitative estimate of drug-likeness (QED) is 0.668. The van der Waals surface area contributed by atoms with Crippen molar-refractivity contribution in [1.29, 1.82) is 0 Å². The lowest BCUT2D eigenvalue weighted by Gasteiger charge is -2.20. The molecule has 0 radical (unpaired) electrons. The molecule has 2 heteroatoms. The third kappa shape index (κ3) is 3.28. The largest absolute Gasteiger partial charge is 0.393 e. The van der Waals surface area contributed by atoms with Gasteiger partial charge in [0.15, 0.2) is 0 Å². The van der Waals surface area contributed by atoms with E-state index in [9.17, 15) is 5.11 Å². The van der Waals surface area contributed by atoms with E-state index >= 15 is 0 Å². The van der Waals surface area contributed by atoms with Gasteiger partial charge < -0.3 is 9.84 Å². The molecule has 1 rings (SSSR count). The zero-order chi connectivity index (χ0) is 9.68. The van der Waals surface area contributed by atoms with Crippen LogP contribution in [0, 0.1) is 5.92 Å². The van der Waals surface area contributed by atoms with E-state index in [4.69, 9.17) is 4.74 Å². The zero-order valence-electron chi connectivity index (χ0n) is 8.83. The van der Waals surface area contributed by atoms with Crippen LogP contribution in [0.25, 0.3) is 0 Å².